The maximum atomic E-state index is 12.3. The molecule has 4 nitrogen and oxygen atoms in total. The van der Waals surface area contributed by atoms with Gasteiger partial charge in [0.25, 0.3) is 10.0 Å². The molecule has 0 saturated heterocycles. The molecule has 20 heavy (non-hydrogen) atoms. The number of benzene rings is 2. The van der Waals surface area contributed by atoms with Gasteiger partial charge >= 0.3 is 0 Å². The van der Waals surface area contributed by atoms with Gasteiger partial charge in [-0.05, 0) is 36.6 Å². The minimum absolute atomic E-state index is 0.0166. The minimum atomic E-state index is -3.76. The number of anilines is 1. The second kappa shape index (κ2) is 5.99. The molecule has 2 rings (SSSR count). The molecule has 0 aliphatic heterocycles. The van der Waals surface area contributed by atoms with Gasteiger partial charge in [-0.15, -0.1) is 11.8 Å². The molecule has 2 aromatic rings. The number of nitrogens with one attached hydrogen (secondary N) is 1. The summed E-state index contributed by atoms with van der Waals surface area (Å²) in [6, 6.07) is 15.1. The SMILES string of the molecule is CSc1cccc(NS(=O)(=O)c2ccccc2C#N)c1. The van der Waals surface area contributed by atoms with Gasteiger partial charge in [-0.1, -0.05) is 18.2 Å². The molecule has 2 aromatic carbocycles. The summed E-state index contributed by atoms with van der Waals surface area (Å²) in [6.07, 6.45) is 1.92. The van der Waals surface area contributed by atoms with E-state index in [9.17, 15) is 8.42 Å². The van der Waals surface area contributed by atoms with E-state index >= 15 is 0 Å². The average molecular weight is 304 g/mol. The number of hydrogen-bond donors (Lipinski definition) is 1. The molecular weight excluding hydrogens is 292 g/mol. The smallest absolute Gasteiger partial charge is 0.263 e. The van der Waals surface area contributed by atoms with Crippen molar-refractivity contribution in [3.8, 4) is 6.07 Å². The number of rotatable bonds is 4. The van der Waals surface area contributed by atoms with Crippen molar-refractivity contribution in [1.29, 1.82) is 5.26 Å². The molecular formula is C14H12N2O2S2. The fourth-order valence-electron chi connectivity index (χ4n) is 1.69. The van der Waals surface area contributed by atoms with Crippen molar-refractivity contribution in [2.75, 3.05) is 11.0 Å². The molecule has 0 spiro atoms. The highest BCUT2D eigenvalue weighted by molar-refractivity contribution is 7.98. The lowest BCUT2D eigenvalue weighted by molar-refractivity contribution is 0.601. The molecule has 0 radical (unpaired) electrons. The monoisotopic (exact) mass is 304 g/mol. The standard InChI is InChI=1S/C14H12N2O2S2/c1-19-13-7-4-6-12(9-13)16-20(17,18)14-8-3-2-5-11(14)10-15/h2-9,16H,1H3. The molecule has 0 unspecified atom stereocenters. The van der Waals surface area contributed by atoms with Crippen molar-refractivity contribution < 1.29 is 8.42 Å². The van der Waals surface area contributed by atoms with Crippen LogP contribution in [0.15, 0.2) is 58.3 Å². The van der Waals surface area contributed by atoms with Crippen LogP contribution in [0.25, 0.3) is 0 Å². The van der Waals surface area contributed by atoms with Gasteiger partial charge in [0.2, 0.25) is 0 Å². The van der Waals surface area contributed by atoms with Gasteiger partial charge < -0.3 is 0 Å². The molecule has 0 fully saturated rings. The van der Waals surface area contributed by atoms with E-state index in [0.29, 0.717) is 5.69 Å². The highest BCUT2D eigenvalue weighted by Crippen LogP contribution is 2.23. The molecule has 1 N–H and O–H groups in total. The summed E-state index contributed by atoms with van der Waals surface area (Å²) in [6.45, 7) is 0. The summed E-state index contributed by atoms with van der Waals surface area (Å²) in [5.74, 6) is 0. The first kappa shape index (κ1) is 14.4. The quantitative estimate of drug-likeness (QED) is 0.881. The van der Waals surface area contributed by atoms with Crippen LogP contribution >= 0.6 is 11.8 Å². The Hall–Kier alpha value is -1.97. The number of thioether (sulfide) groups is 1. The summed E-state index contributed by atoms with van der Waals surface area (Å²) >= 11 is 1.53. The van der Waals surface area contributed by atoms with Crippen molar-refractivity contribution in [3.63, 3.8) is 0 Å². The molecule has 0 aliphatic rings. The lowest BCUT2D eigenvalue weighted by Gasteiger charge is -2.10. The molecule has 0 saturated carbocycles. The average Bonchev–Trinajstić information content (AvgIpc) is 2.47. The van der Waals surface area contributed by atoms with Crippen LogP contribution in [-0.2, 0) is 10.0 Å². The Bertz CT molecular complexity index is 765. The molecule has 0 aromatic heterocycles. The zero-order valence-electron chi connectivity index (χ0n) is 10.7. The van der Waals surface area contributed by atoms with Crippen LogP contribution in [0.2, 0.25) is 0 Å². The summed E-state index contributed by atoms with van der Waals surface area (Å²) in [5.41, 5.74) is 0.602. The summed E-state index contributed by atoms with van der Waals surface area (Å²) in [4.78, 5) is 0.941. The lowest BCUT2D eigenvalue weighted by atomic mass is 10.2. The highest BCUT2D eigenvalue weighted by atomic mass is 32.2. The van der Waals surface area contributed by atoms with Gasteiger partial charge in [0.05, 0.1) is 5.56 Å². The van der Waals surface area contributed by atoms with E-state index in [1.807, 2.05) is 18.4 Å². The zero-order chi connectivity index (χ0) is 14.6. The lowest BCUT2D eigenvalue weighted by Crippen LogP contribution is -2.14. The van der Waals surface area contributed by atoms with Gasteiger partial charge in [0.15, 0.2) is 0 Å². The maximum Gasteiger partial charge on any atom is 0.263 e. The van der Waals surface area contributed by atoms with Gasteiger partial charge in [-0.3, -0.25) is 4.72 Å². The number of nitrogens with zero attached hydrogens (tertiary/aromatic N) is 1. The Kier molecular flexibility index (Phi) is 4.32. The van der Waals surface area contributed by atoms with Crippen molar-refractivity contribution >= 4 is 27.5 Å². The predicted octanol–water partition coefficient (Wildman–Crippen LogP) is 3.08. The zero-order valence-corrected chi connectivity index (χ0v) is 12.3. The first-order valence-electron chi connectivity index (χ1n) is 5.73. The Balaban J connectivity index is 2.39. The van der Waals surface area contributed by atoms with E-state index in [2.05, 4.69) is 4.72 Å². The summed E-state index contributed by atoms with van der Waals surface area (Å²) < 4.78 is 27.1. The maximum absolute atomic E-state index is 12.3. The fourth-order valence-corrected chi connectivity index (χ4v) is 3.36. The van der Waals surface area contributed by atoms with Crippen LogP contribution < -0.4 is 4.72 Å². The first-order chi connectivity index (χ1) is 9.56. The van der Waals surface area contributed by atoms with E-state index in [1.165, 1.54) is 23.9 Å². The molecule has 0 bridgehead atoms. The Morgan fingerprint density at radius 3 is 2.60 bits per heavy atom. The van der Waals surface area contributed by atoms with Crippen LogP contribution in [0, 0.1) is 11.3 Å². The third-order valence-electron chi connectivity index (χ3n) is 2.62. The molecule has 0 atom stereocenters. The molecule has 102 valence electrons. The molecule has 0 heterocycles. The van der Waals surface area contributed by atoms with E-state index in [0.717, 1.165) is 4.90 Å². The summed E-state index contributed by atoms with van der Waals surface area (Å²) in [7, 11) is -3.76. The van der Waals surface area contributed by atoms with Crippen LogP contribution in [0.5, 0.6) is 0 Å². The van der Waals surface area contributed by atoms with E-state index in [1.54, 1.807) is 30.3 Å². The minimum Gasteiger partial charge on any atom is -0.280 e. The molecule has 0 aliphatic carbocycles. The van der Waals surface area contributed by atoms with Crippen LogP contribution in [-0.4, -0.2) is 14.7 Å². The van der Waals surface area contributed by atoms with Crippen LogP contribution in [0.1, 0.15) is 5.56 Å². The van der Waals surface area contributed by atoms with E-state index < -0.39 is 10.0 Å². The molecule has 6 heteroatoms. The topological polar surface area (TPSA) is 70.0 Å². The third-order valence-corrected chi connectivity index (χ3v) is 4.78. The van der Waals surface area contributed by atoms with Crippen molar-refractivity contribution in [1.82, 2.24) is 0 Å². The van der Waals surface area contributed by atoms with Gasteiger partial charge in [0.1, 0.15) is 11.0 Å². The second-order valence-electron chi connectivity index (χ2n) is 3.95. The van der Waals surface area contributed by atoms with Gasteiger partial charge in [-0.2, -0.15) is 5.26 Å². The fraction of sp³-hybridized carbons (Fsp3) is 0.0714. The Labute approximate surface area is 122 Å². The van der Waals surface area contributed by atoms with E-state index in [-0.39, 0.29) is 10.5 Å². The first-order valence-corrected chi connectivity index (χ1v) is 8.43. The predicted molar refractivity (Wildman–Crippen MR) is 80.2 cm³/mol. The number of sulfonamides is 1. The van der Waals surface area contributed by atoms with Crippen LogP contribution in [0.4, 0.5) is 5.69 Å². The van der Waals surface area contributed by atoms with E-state index in [4.69, 9.17) is 5.26 Å². The Morgan fingerprint density at radius 1 is 1.15 bits per heavy atom. The molecule has 0 amide bonds. The summed E-state index contributed by atoms with van der Waals surface area (Å²) in [5, 5.41) is 8.98. The normalized spacial score (nSPS) is 10.8. The van der Waals surface area contributed by atoms with Gasteiger partial charge in [-0.25, -0.2) is 8.42 Å². The van der Waals surface area contributed by atoms with Crippen molar-refractivity contribution in [2.45, 2.75) is 9.79 Å². The van der Waals surface area contributed by atoms with Crippen molar-refractivity contribution in [3.05, 3.63) is 54.1 Å². The van der Waals surface area contributed by atoms with Crippen LogP contribution in [0.3, 0.4) is 0 Å². The highest BCUT2D eigenvalue weighted by Gasteiger charge is 2.18. The number of nitriles is 1. The Morgan fingerprint density at radius 2 is 1.90 bits per heavy atom. The second-order valence-corrected chi connectivity index (χ2v) is 6.48. The van der Waals surface area contributed by atoms with Crippen molar-refractivity contribution in [2.24, 2.45) is 0 Å². The van der Waals surface area contributed by atoms with Gasteiger partial charge in [0, 0.05) is 10.6 Å². The number of hydrogen-bond acceptors (Lipinski definition) is 4. The largest absolute Gasteiger partial charge is 0.280 e. The third kappa shape index (κ3) is 3.13.